The van der Waals surface area contributed by atoms with Gasteiger partial charge < -0.3 is 0 Å². The van der Waals surface area contributed by atoms with Crippen LogP contribution in [0.4, 0.5) is 0 Å². The largest absolute Gasteiger partial charge is 0.300 e. The Morgan fingerprint density at radius 3 is 2.92 bits per heavy atom. The molecule has 0 saturated heterocycles. The van der Waals surface area contributed by atoms with Crippen LogP contribution < -0.4 is 0 Å². The number of unbranched alkanes of at least 4 members (excludes halogenated alkanes) is 1. The van der Waals surface area contributed by atoms with Crippen molar-refractivity contribution in [3.8, 4) is 0 Å². The van der Waals surface area contributed by atoms with Crippen LogP contribution in [0.15, 0.2) is 12.2 Å². The second kappa shape index (κ2) is 4.44. The van der Waals surface area contributed by atoms with Gasteiger partial charge >= 0.3 is 0 Å². The molecule has 1 unspecified atom stereocenters. The van der Waals surface area contributed by atoms with Crippen LogP contribution in [0.25, 0.3) is 0 Å². The average Bonchev–Trinajstić information content (AvgIpc) is 2.47. The molecule has 0 radical (unpaired) electrons. The predicted molar refractivity (Wildman–Crippen MR) is 51.0 cm³/mol. The summed E-state index contributed by atoms with van der Waals surface area (Å²) in [5.74, 6) is 0.946. The first-order valence-electron chi connectivity index (χ1n) is 4.93. The van der Waals surface area contributed by atoms with E-state index in [0.29, 0.717) is 11.7 Å². The van der Waals surface area contributed by atoms with Crippen LogP contribution in [0.2, 0.25) is 0 Å². The van der Waals surface area contributed by atoms with Crippen molar-refractivity contribution in [1.29, 1.82) is 0 Å². The maximum Gasteiger partial charge on any atom is 0.133 e. The molecule has 0 amide bonds. The summed E-state index contributed by atoms with van der Waals surface area (Å²) < 4.78 is 0. The first-order valence-corrected chi connectivity index (χ1v) is 4.93. The van der Waals surface area contributed by atoms with E-state index in [2.05, 4.69) is 13.5 Å². The molecule has 1 saturated carbocycles. The highest BCUT2D eigenvalue weighted by Gasteiger charge is 2.23. The molecule has 1 atom stereocenters. The van der Waals surface area contributed by atoms with Gasteiger partial charge in [-0.15, -0.1) is 0 Å². The minimum Gasteiger partial charge on any atom is -0.300 e. The molecule has 0 heterocycles. The van der Waals surface area contributed by atoms with Gasteiger partial charge in [0.15, 0.2) is 0 Å². The Labute approximate surface area is 74.9 Å². The van der Waals surface area contributed by atoms with Gasteiger partial charge in [0.2, 0.25) is 0 Å². The number of Topliss-reactive ketones (excluding diaryl/α,β-unsaturated/α-hetero) is 1. The third kappa shape index (κ3) is 2.47. The molecule has 1 rings (SSSR count). The molecule has 1 heteroatoms. The Morgan fingerprint density at radius 2 is 2.42 bits per heavy atom. The van der Waals surface area contributed by atoms with Gasteiger partial charge in [0, 0.05) is 12.8 Å². The first-order chi connectivity index (χ1) is 5.74. The van der Waals surface area contributed by atoms with Crippen molar-refractivity contribution in [3.05, 3.63) is 12.2 Å². The van der Waals surface area contributed by atoms with Crippen LogP contribution in [0.3, 0.4) is 0 Å². The molecule has 0 aromatic carbocycles. The van der Waals surface area contributed by atoms with E-state index in [1.54, 1.807) is 0 Å². The Kier molecular flexibility index (Phi) is 3.51. The standard InChI is InChI=1S/C11H18O/c1-3-4-5-9(2)10-6-7-11(12)8-10/h10H,2-8H2,1H3. The molecule has 0 spiro atoms. The number of carbonyl (C=O) groups excluding carboxylic acids is 1. The molecule has 0 aliphatic heterocycles. The van der Waals surface area contributed by atoms with E-state index >= 15 is 0 Å². The maximum absolute atomic E-state index is 11.0. The summed E-state index contributed by atoms with van der Waals surface area (Å²) in [6, 6.07) is 0. The zero-order chi connectivity index (χ0) is 8.97. The smallest absolute Gasteiger partial charge is 0.133 e. The SMILES string of the molecule is C=C(CCCC)C1CCC(=O)C1. The first kappa shape index (κ1) is 9.50. The van der Waals surface area contributed by atoms with Crippen molar-refractivity contribution >= 4 is 5.78 Å². The fourth-order valence-electron chi connectivity index (χ4n) is 1.77. The Morgan fingerprint density at radius 1 is 1.67 bits per heavy atom. The lowest BCUT2D eigenvalue weighted by Crippen LogP contribution is -1.98. The monoisotopic (exact) mass is 166 g/mol. The van der Waals surface area contributed by atoms with Crippen LogP contribution in [0.1, 0.15) is 45.4 Å². The lowest BCUT2D eigenvalue weighted by molar-refractivity contribution is -0.117. The summed E-state index contributed by atoms with van der Waals surface area (Å²) in [4.78, 5) is 11.0. The van der Waals surface area contributed by atoms with Crippen molar-refractivity contribution in [2.45, 2.75) is 45.4 Å². The van der Waals surface area contributed by atoms with Crippen molar-refractivity contribution < 1.29 is 4.79 Å². The van der Waals surface area contributed by atoms with E-state index in [-0.39, 0.29) is 0 Å². The van der Waals surface area contributed by atoms with Gasteiger partial charge in [0.1, 0.15) is 5.78 Å². The molecule has 0 aromatic rings. The minimum absolute atomic E-state index is 0.428. The summed E-state index contributed by atoms with van der Waals surface area (Å²) in [6.45, 7) is 6.24. The van der Waals surface area contributed by atoms with Crippen LogP contribution in [-0.2, 0) is 4.79 Å². The number of rotatable bonds is 4. The molecule has 1 nitrogen and oxygen atoms in total. The molecule has 0 aromatic heterocycles. The van der Waals surface area contributed by atoms with Crippen LogP contribution in [0.5, 0.6) is 0 Å². The molecule has 12 heavy (non-hydrogen) atoms. The van der Waals surface area contributed by atoms with Gasteiger partial charge in [-0.3, -0.25) is 4.79 Å². The predicted octanol–water partition coefficient (Wildman–Crippen LogP) is 3.10. The lowest BCUT2D eigenvalue weighted by Gasteiger charge is -2.10. The second-order valence-corrected chi connectivity index (χ2v) is 3.74. The lowest BCUT2D eigenvalue weighted by atomic mass is 9.95. The number of ketones is 1. The molecular formula is C11H18O. The molecule has 68 valence electrons. The van der Waals surface area contributed by atoms with Crippen LogP contribution in [0, 0.1) is 5.92 Å². The van der Waals surface area contributed by atoms with Crippen molar-refractivity contribution in [2.75, 3.05) is 0 Å². The summed E-state index contributed by atoms with van der Waals surface area (Å²) >= 11 is 0. The topological polar surface area (TPSA) is 17.1 Å². The number of carbonyl (C=O) groups is 1. The molecule has 1 fully saturated rings. The molecule has 0 bridgehead atoms. The second-order valence-electron chi connectivity index (χ2n) is 3.74. The number of allylic oxidation sites excluding steroid dienone is 1. The van der Waals surface area contributed by atoms with E-state index < -0.39 is 0 Å². The third-order valence-electron chi connectivity index (χ3n) is 2.67. The fourth-order valence-corrected chi connectivity index (χ4v) is 1.77. The third-order valence-corrected chi connectivity index (χ3v) is 2.67. The quantitative estimate of drug-likeness (QED) is 0.586. The summed E-state index contributed by atoms with van der Waals surface area (Å²) in [7, 11) is 0. The van der Waals surface area contributed by atoms with Gasteiger partial charge in [0.25, 0.3) is 0 Å². The fraction of sp³-hybridized carbons (Fsp3) is 0.727. The maximum atomic E-state index is 11.0. The van der Waals surface area contributed by atoms with Gasteiger partial charge in [-0.25, -0.2) is 0 Å². The summed E-state index contributed by atoms with van der Waals surface area (Å²) in [5.41, 5.74) is 1.31. The van der Waals surface area contributed by atoms with E-state index in [1.165, 1.54) is 18.4 Å². The zero-order valence-electron chi connectivity index (χ0n) is 7.94. The van der Waals surface area contributed by atoms with E-state index in [1.807, 2.05) is 0 Å². The van der Waals surface area contributed by atoms with Crippen molar-refractivity contribution in [2.24, 2.45) is 5.92 Å². The highest BCUT2D eigenvalue weighted by atomic mass is 16.1. The van der Waals surface area contributed by atoms with Crippen LogP contribution >= 0.6 is 0 Å². The van der Waals surface area contributed by atoms with E-state index in [0.717, 1.165) is 25.7 Å². The van der Waals surface area contributed by atoms with E-state index in [4.69, 9.17) is 0 Å². The summed E-state index contributed by atoms with van der Waals surface area (Å²) in [5, 5.41) is 0. The van der Waals surface area contributed by atoms with Crippen molar-refractivity contribution in [3.63, 3.8) is 0 Å². The van der Waals surface area contributed by atoms with Gasteiger partial charge in [-0.05, 0) is 25.2 Å². The van der Waals surface area contributed by atoms with Gasteiger partial charge in [0.05, 0.1) is 0 Å². The zero-order valence-corrected chi connectivity index (χ0v) is 7.94. The molecular weight excluding hydrogens is 148 g/mol. The Balaban J connectivity index is 2.28. The van der Waals surface area contributed by atoms with E-state index in [9.17, 15) is 4.79 Å². The Bertz CT molecular complexity index is 181. The van der Waals surface area contributed by atoms with Crippen molar-refractivity contribution in [1.82, 2.24) is 0 Å². The normalized spacial score (nSPS) is 23.1. The summed E-state index contributed by atoms with van der Waals surface area (Å²) in [6.07, 6.45) is 6.18. The Hall–Kier alpha value is -0.590. The average molecular weight is 166 g/mol. The number of hydrogen-bond donors (Lipinski definition) is 0. The van der Waals surface area contributed by atoms with Gasteiger partial charge in [-0.1, -0.05) is 25.5 Å². The molecule has 0 N–H and O–H groups in total. The minimum atomic E-state index is 0.428. The molecule has 1 aliphatic carbocycles. The highest BCUT2D eigenvalue weighted by molar-refractivity contribution is 5.81. The van der Waals surface area contributed by atoms with Gasteiger partial charge in [-0.2, -0.15) is 0 Å². The molecule has 1 aliphatic rings. The highest BCUT2D eigenvalue weighted by Crippen LogP contribution is 2.30. The van der Waals surface area contributed by atoms with Crippen LogP contribution in [-0.4, -0.2) is 5.78 Å². The number of hydrogen-bond acceptors (Lipinski definition) is 1.